The summed E-state index contributed by atoms with van der Waals surface area (Å²) in [5, 5.41) is 17.8. The van der Waals surface area contributed by atoms with E-state index in [4.69, 9.17) is 10.8 Å². The zero-order chi connectivity index (χ0) is 13.2. The van der Waals surface area contributed by atoms with Gasteiger partial charge in [0.25, 0.3) is 0 Å². The molecular weight excluding hydrogens is 239 g/mol. The molecular formula is C10H10F3NO3. The summed E-state index contributed by atoms with van der Waals surface area (Å²) in [6.45, 7) is 0. The predicted molar refractivity (Wildman–Crippen MR) is 52.4 cm³/mol. The van der Waals surface area contributed by atoms with Crippen molar-refractivity contribution in [1.29, 1.82) is 0 Å². The fraction of sp³-hybridized carbons (Fsp3) is 0.300. The topological polar surface area (TPSA) is 83.6 Å². The Kier molecular flexibility index (Phi) is 3.62. The summed E-state index contributed by atoms with van der Waals surface area (Å²) >= 11 is 0. The average Bonchev–Trinajstić information content (AvgIpc) is 2.18. The van der Waals surface area contributed by atoms with E-state index in [1.165, 1.54) is 6.07 Å². The van der Waals surface area contributed by atoms with Crippen LogP contribution in [0.5, 0.6) is 5.75 Å². The minimum Gasteiger partial charge on any atom is -0.508 e. The second-order valence-electron chi connectivity index (χ2n) is 3.48. The largest absolute Gasteiger partial charge is 0.508 e. The van der Waals surface area contributed by atoms with Gasteiger partial charge < -0.3 is 15.9 Å². The molecule has 0 heterocycles. The summed E-state index contributed by atoms with van der Waals surface area (Å²) in [4.78, 5) is 10.4. The van der Waals surface area contributed by atoms with Crippen LogP contribution in [0, 0.1) is 0 Å². The summed E-state index contributed by atoms with van der Waals surface area (Å²) in [6, 6.07) is 0.841. The normalized spacial score (nSPS) is 13.4. The third-order valence-corrected chi connectivity index (χ3v) is 2.13. The third-order valence-electron chi connectivity index (χ3n) is 2.13. The number of phenolic OH excluding ortho intramolecular Hbond substituents is 1. The number of phenols is 1. The van der Waals surface area contributed by atoms with E-state index in [1.807, 2.05) is 0 Å². The van der Waals surface area contributed by atoms with Gasteiger partial charge in [0, 0.05) is 5.56 Å². The lowest BCUT2D eigenvalue weighted by Crippen LogP contribution is -2.28. The molecule has 0 saturated heterocycles. The van der Waals surface area contributed by atoms with Gasteiger partial charge in [0.2, 0.25) is 0 Å². The van der Waals surface area contributed by atoms with E-state index in [0.29, 0.717) is 0 Å². The van der Waals surface area contributed by atoms with E-state index in [-0.39, 0.29) is 5.56 Å². The molecule has 0 aliphatic carbocycles. The van der Waals surface area contributed by atoms with Crippen molar-refractivity contribution >= 4 is 5.97 Å². The maximum Gasteiger partial charge on any atom is 0.407 e. The van der Waals surface area contributed by atoms with Gasteiger partial charge in [-0.1, -0.05) is 6.07 Å². The minimum absolute atomic E-state index is 0.144. The Bertz CT molecular complexity index is 431. The number of carbonyl (C=O) groups is 1. The zero-order valence-corrected chi connectivity index (χ0v) is 8.53. The van der Waals surface area contributed by atoms with Gasteiger partial charge in [-0.15, -0.1) is 0 Å². The summed E-state index contributed by atoms with van der Waals surface area (Å²) in [5.74, 6) is -1.79. The van der Waals surface area contributed by atoms with Crippen LogP contribution >= 0.6 is 0 Å². The molecule has 0 bridgehead atoms. The third kappa shape index (κ3) is 3.35. The average molecular weight is 249 g/mol. The second-order valence-corrected chi connectivity index (χ2v) is 3.48. The lowest BCUT2D eigenvalue weighted by Gasteiger charge is -2.17. The van der Waals surface area contributed by atoms with E-state index < -0.39 is 35.9 Å². The van der Waals surface area contributed by atoms with Crippen molar-refractivity contribution in [3.05, 3.63) is 29.3 Å². The lowest BCUT2D eigenvalue weighted by atomic mass is 10.0. The molecule has 1 aromatic rings. The highest BCUT2D eigenvalue weighted by Gasteiger charge is 2.39. The number of alkyl halides is 3. The number of aromatic hydroxyl groups is 1. The number of halogens is 3. The second kappa shape index (κ2) is 4.62. The fourth-order valence-corrected chi connectivity index (χ4v) is 1.31. The number of carboxylic acid groups (broad SMARTS) is 1. The predicted octanol–water partition coefficient (Wildman–Crippen LogP) is 1.58. The summed E-state index contributed by atoms with van der Waals surface area (Å²) in [5.41, 5.74) is 4.55. The van der Waals surface area contributed by atoms with Gasteiger partial charge in [0.05, 0.1) is 6.42 Å². The molecule has 4 N–H and O–H groups in total. The van der Waals surface area contributed by atoms with Crippen LogP contribution in [0.4, 0.5) is 13.2 Å². The van der Waals surface area contributed by atoms with Crippen LogP contribution in [0.25, 0.3) is 0 Å². The smallest absolute Gasteiger partial charge is 0.407 e. The van der Waals surface area contributed by atoms with E-state index >= 15 is 0 Å². The lowest BCUT2D eigenvalue weighted by molar-refractivity contribution is -0.149. The van der Waals surface area contributed by atoms with Crippen LogP contribution in [0.15, 0.2) is 18.2 Å². The highest BCUT2D eigenvalue weighted by molar-refractivity contribution is 5.70. The molecule has 1 rings (SSSR count). The molecule has 0 fully saturated rings. The highest BCUT2D eigenvalue weighted by Crippen LogP contribution is 2.35. The molecule has 0 aliphatic rings. The van der Waals surface area contributed by atoms with Gasteiger partial charge in [-0.2, -0.15) is 13.2 Å². The molecule has 0 aromatic heterocycles. The Morgan fingerprint density at radius 1 is 1.41 bits per heavy atom. The van der Waals surface area contributed by atoms with Crippen molar-refractivity contribution in [2.45, 2.75) is 18.6 Å². The van der Waals surface area contributed by atoms with Crippen LogP contribution < -0.4 is 5.73 Å². The number of carboxylic acids is 1. The Labute approximate surface area is 94.5 Å². The molecule has 4 nitrogen and oxygen atoms in total. The number of aliphatic carboxylic acids is 1. The Morgan fingerprint density at radius 2 is 2.00 bits per heavy atom. The van der Waals surface area contributed by atoms with Gasteiger partial charge in [-0.05, 0) is 17.7 Å². The monoisotopic (exact) mass is 249 g/mol. The van der Waals surface area contributed by atoms with E-state index in [0.717, 1.165) is 12.1 Å². The first-order valence-corrected chi connectivity index (χ1v) is 4.57. The quantitative estimate of drug-likeness (QED) is 0.759. The van der Waals surface area contributed by atoms with Crippen LogP contribution in [0.2, 0.25) is 0 Å². The van der Waals surface area contributed by atoms with E-state index in [2.05, 4.69) is 0 Å². The summed E-state index contributed by atoms with van der Waals surface area (Å²) in [6.07, 6.45) is -5.13. The first kappa shape index (κ1) is 13.3. The number of nitrogens with two attached hydrogens (primary N) is 1. The van der Waals surface area contributed by atoms with Gasteiger partial charge >= 0.3 is 12.1 Å². The van der Waals surface area contributed by atoms with Gasteiger partial charge in [-0.25, -0.2) is 0 Å². The fourth-order valence-electron chi connectivity index (χ4n) is 1.31. The molecule has 0 unspecified atom stereocenters. The van der Waals surface area contributed by atoms with Gasteiger partial charge in [0.15, 0.2) is 0 Å². The molecule has 0 aliphatic heterocycles. The molecule has 17 heavy (non-hydrogen) atoms. The van der Waals surface area contributed by atoms with Crippen LogP contribution in [0.3, 0.4) is 0 Å². The Hall–Kier alpha value is -1.76. The first-order chi connectivity index (χ1) is 7.71. The molecule has 0 amide bonds. The van der Waals surface area contributed by atoms with Crippen LogP contribution in [0.1, 0.15) is 17.2 Å². The number of rotatable bonds is 3. The molecule has 1 atom stereocenters. The standard InChI is InChI=1S/C10H10F3NO3/c11-10(12,13)9(14)6-3-5(4-8(16)17)1-2-7(6)15/h1-3,9,15H,4,14H2,(H,16,17)/t9-/m1/s1. The highest BCUT2D eigenvalue weighted by atomic mass is 19.4. The van der Waals surface area contributed by atoms with Crippen molar-refractivity contribution in [1.82, 2.24) is 0 Å². The molecule has 1 aromatic carbocycles. The summed E-state index contributed by atoms with van der Waals surface area (Å²) < 4.78 is 37.1. The molecule has 0 saturated carbocycles. The van der Waals surface area contributed by atoms with Crippen LogP contribution in [-0.2, 0) is 11.2 Å². The van der Waals surface area contributed by atoms with E-state index in [9.17, 15) is 23.1 Å². The minimum atomic E-state index is -4.70. The van der Waals surface area contributed by atoms with E-state index in [1.54, 1.807) is 0 Å². The van der Waals surface area contributed by atoms with Crippen LogP contribution in [-0.4, -0.2) is 22.4 Å². The molecule has 0 radical (unpaired) electrons. The van der Waals surface area contributed by atoms with Crippen molar-refractivity contribution in [2.75, 3.05) is 0 Å². The number of hydrogen-bond acceptors (Lipinski definition) is 3. The first-order valence-electron chi connectivity index (χ1n) is 4.57. The summed E-state index contributed by atoms with van der Waals surface area (Å²) in [7, 11) is 0. The van der Waals surface area contributed by atoms with Crippen molar-refractivity contribution < 1.29 is 28.2 Å². The maximum absolute atomic E-state index is 12.4. The van der Waals surface area contributed by atoms with Gasteiger partial charge in [-0.3, -0.25) is 4.79 Å². The molecule has 0 spiro atoms. The Balaban J connectivity index is 3.10. The van der Waals surface area contributed by atoms with Crippen molar-refractivity contribution in [2.24, 2.45) is 5.73 Å². The Morgan fingerprint density at radius 3 is 2.47 bits per heavy atom. The maximum atomic E-state index is 12.4. The SMILES string of the molecule is N[C@H](c1cc(CC(=O)O)ccc1O)C(F)(F)F. The number of hydrogen-bond donors (Lipinski definition) is 3. The zero-order valence-electron chi connectivity index (χ0n) is 8.53. The van der Waals surface area contributed by atoms with Crippen molar-refractivity contribution in [3.63, 3.8) is 0 Å². The van der Waals surface area contributed by atoms with Gasteiger partial charge in [0.1, 0.15) is 11.8 Å². The number of benzene rings is 1. The molecule has 7 heteroatoms. The van der Waals surface area contributed by atoms with Crippen molar-refractivity contribution in [3.8, 4) is 5.75 Å². The molecule has 94 valence electrons.